The summed E-state index contributed by atoms with van der Waals surface area (Å²) in [4.78, 5) is 0. The van der Waals surface area contributed by atoms with Gasteiger partial charge in [-0.2, -0.15) is 0 Å². The second-order valence-corrected chi connectivity index (χ2v) is 3.16. The summed E-state index contributed by atoms with van der Waals surface area (Å²) in [5, 5.41) is 0. The maximum absolute atomic E-state index is 5.99. The maximum atomic E-state index is 5.99. The lowest BCUT2D eigenvalue weighted by Gasteiger charge is -2.08. The molecule has 0 spiro atoms. The van der Waals surface area contributed by atoms with Crippen LogP contribution in [0, 0.1) is 0 Å². The molecule has 2 rings (SSSR count). The van der Waals surface area contributed by atoms with Crippen molar-refractivity contribution in [2.75, 3.05) is 0 Å². The number of aromatic nitrogens is 1. The third kappa shape index (κ3) is 1.28. The van der Waals surface area contributed by atoms with E-state index in [-0.39, 0.29) is 17.9 Å². The Bertz CT molecular complexity index is 250. The van der Waals surface area contributed by atoms with Gasteiger partial charge in [-0.3, -0.25) is 0 Å². The van der Waals surface area contributed by atoms with Crippen LogP contribution in [0.1, 0.15) is 18.5 Å². The summed E-state index contributed by atoms with van der Waals surface area (Å²) in [6.07, 6.45) is 4.33. The second kappa shape index (κ2) is 2.54. The number of hydrogen-bond acceptors (Lipinski definition) is 1. The van der Waals surface area contributed by atoms with E-state index >= 15 is 0 Å². The van der Waals surface area contributed by atoms with Gasteiger partial charge in [-0.05, 0) is 25.0 Å². The molecule has 2 N–H and O–H groups in total. The normalized spacial score (nSPS) is 19.1. The van der Waals surface area contributed by atoms with Crippen molar-refractivity contribution in [2.45, 2.75) is 18.4 Å². The van der Waals surface area contributed by atoms with Crippen molar-refractivity contribution in [1.82, 2.24) is 4.57 Å². The van der Waals surface area contributed by atoms with E-state index in [1.807, 2.05) is 19.3 Å². The van der Waals surface area contributed by atoms with Crippen LogP contribution in [-0.4, -0.2) is 4.57 Å². The summed E-state index contributed by atoms with van der Waals surface area (Å²) in [5.41, 5.74) is 7.29. The molecular formula is C8H13ClN2. The fourth-order valence-electron chi connectivity index (χ4n) is 1.37. The van der Waals surface area contributed by atoms with Crippen molar-refractivity contribution in [1.29, 1.82) is 0 Å². The van der Waals surface area contributed by atoms with Gasteiger partial charge in [0.25, 0.3) is 0 Å². The molecule has 11 heavy (non-hydrogen) atoms. The van der Waals surface area contributed by atoms with Gasteiger partial charge >= 0.3 is 0 Å². The lowest BCUT2D eigenvalue weighted by molar-refractivity contribution is 0.658. The molecule has 0 bridgehead atoms. The molecule has 1 fully saturated rings. The van der Waals surface area contributed by atoms with Crippen LogP contribution >= 0.6 is 12.4 Å². The largest absolute Gasteiger partial charge is 0.353 e. The van der Waals surface area contributed by atoms with Gasteiger partial charge in [0.1, 0.15) is 0 Å². The summed E-state index contributed by atoms with van der Waals surface area (Å²) < 4.78 is 2.10. The fraction of sp³-hybridized carbons (Fsp3) is 0.500. The summed E-state index contributed by atoms with van der Waals surface area (Å²) >= 11 is 0. The Hall–Kier alpha value is -0.470. The van der Waals surface area contributed by atoms with Gasteiger partial charge in [0.15, 0.2) is 0 Å². The van der Waals surface area contributed by atoms with Crippen LogP contribution in [0.3, 0.4) is 0 Å². The van der Waals surface area contributed by atoms with E-state index in [1.54, 1.807) is 0 Å². The first kappa shape index (κ1) is 8.62. The van der Waals surface area contributed by atoms with Gasteiger partial charge in [0, 0.05) is 18.9 Å². The zero-order valence-corrected chi connectivity index (χ0v) is 7.40. The van der Waals surface area contributed by atoms with Gasteiger partial charge in [-0.25, -0.2) is 0 Å². The molecule has 3 heteroatoms. The molecule has 1 aliphatic rings. The monoisotopic (exact) mass is 172 g/mol. The molecule has 62 valence electrons. The van der Waals surface area contributed by atoms with Crippen molar-refractivity contribution in [3.63, 3.8) is 0 Å². The molecule has 0 atom stereocenters. The number of aryl methyl sites for hydroxylation is 1. The Morgan fingerprint density at radius 1 is 1.55 bits per heavy atom. The number of hydrogen-bond donors (Lipinski definition) is 1. The average molecular weight is 173 g/mol. The second-order valence-electron chi connectivity index (χ2n) is 3.16. The predicted octanol–water partition coefficient (Wildman–Crippen LogP) is 1.39. The van der Waals surface area contributed by atoms with Crippen LogP contribution < -0.4 is 5.73 Å². The first-order valence-corrected chi connectivity index (χ1v) is 3.63. The SMILES string of the molecule is Cl.Cn1cccc1C1(N)CC1. The van der Waals surface area contributed by atoms with Crippen LogP contribution in [0.5, 0.6) is 0 Å². The molecule has 0 amide bonds. The molecule has 1 aromatic heterocycles. The minimum Gasteiger partial charge on any atom is -0.353 e. The average Bonchev–Trinajstić information content (AvgIpc) is 2.44. The van der Waals surface area contributed by atoms with Crippen LogP contribution in [0.4, 0.5) is 0 Å². The number of nitrogens with zero attached hydrogens (tertiary/aromatic N) is 1. The Balaban J connectivity index is 0.000000605. The molecule has 2 nitrogen and oxygen atoms in total. The maximum Gasteiger partial charge on any atom is 0.0565 e. The van der Waals surface area contributed by atoms with Crippen LogP contribution in [0.25, 0.3) is 0 Å². The fourth-order valence-corrected chi connectivity index (χ4v) is 1.37. The standard InChI is InChI=1S/C8H12N2.ClH/c1-10-6-2-3-7(10)8(9)4-5-8;/h2-3,6H,4-5,9H2,1H3;1H. The van der Waals surface area contributed by atoms with Crippen LogP contribution in [-0.2, 0) is 12.6 Å². The highest BCUT2D eigenvalue weighted by atomic mass is 35.5. The van der Waals surface area contributed by atoms with Crippen LogP contribution in [0.15, 0.2) is 18.3 Å². The minimum atomic E-state index is 0. The predicted molar refractivity (Wildman–Crippen MR) is 47.8 cm³/mol. The zero-order chi connectivity index (χ0) is 7.19. The molecular weight excluding hydrogens is 160 g/mol. The quantitative estimate of drug-likeness (QED) is 0.682. The third-order valence-electron chi connectivity index (χ3n) is 2.24. The minimum absolute atomic E-state index is 0. The Morgan fingerprint density at radius 2 is 2.18 bits per heavy atom. The first-order valence-electron chi connectivity index (χ1n) is 3.63. The summed E-state index contributed by atoms with van der Waals surface area (Å²) in [6, 6.07) is 4.15. The van der Waals surface area contributed by atoms with Crippen molar-refractivity contribution in [3.8, 4) is 0 Å². The highest BCUT2D eigenvalue weighted by Crippen LogP contribution is 2.42. The molecule has 0 aliphatic heterocycles. The molecule has 0 aromatic carbocycles. The highest BCUT2D eigenvalue weighted by molar-refractivity contribution is 5.85. The van der Waals surface area contributed by atoms with Gasteiger partial charge in [-0.1, -0.05) is 0 Å². The van der Waals surface area contributed by atoms with Crippen molar-refractivity contribution in [2.24, 2.45) is 12.8 Å². The zero-order valence-electron chi connectivity index (χ0n) is 6.58. The lowest BCUT2D eigenvalue weighted by Crippen LogP contribution is -2.21. The van der Waals surface area contributed by atoms with E-state index in [4.69, 9.17) is 5.73 Å². The van der Waals surface area contributed by atoms with E-state index in [9.17, 15) is 0 Å². The van der Waals surface area contributed by atoms with Crippen molar-refractivity contribution < 1.29 is 0 Å². The smallest absolute Gasteiger partial charge is 0.0565 e. The van der Waals surface area contributed by atoms with E-state index in [0.717, 1.165) is 12.8 Å². The molecule has 1 saturated carbocycles. The van der Waals surface area contributed by atoms with E-state index in [2.05, 4.69) is 10.6 Å². The molecule has 1 heterocycles. The summed E-state index contributed by atoms with van der Waals surface area (Å²) in [6.45, 7) is 0. The van der Waals surface area contributed by atoms with Gasteiger partial charge < -0.3 is 10.3 Å². The number of rotatable bonds is 1. The van der Waals surface area contributed by atoms with Crippen molar-refractivity contribution in [3.05, 3.63) is 24.0 Å². The molecule has 0 radical (unpaired) electrons. The summed E-state index contributed by atoms with van der Waals surface area (Å²) in [5.74, 6) is 0. The lowest BCUT2D eigenvalue weighted by atomic mass is 10.2. The van der Waals surface area contributed by atoms with Gasteiger partial charge in [-0.15, -0.1) is 12.4 Å². The third-order valence-corrected chi connectivity index (χ3v) is 2.24. The molecule has 0 unspecified atom stereocenters. The number of nitrogens with two attached hydrogens (primary N) is 1. The topological polar surface area (TPSA) is 30.9 Å². The van der Waals surface area contributed by atoms with E-state index in [1.165, 1.54) is 5.69 Å². The van der Waals surface area contributed by atoms with Crippen LogP contribution in [0.2, 0.25) is 0 Å². The Kier molecular flexibility index (Phi) is 1.99. The number of halogens is 1. The van der Waals surface area contributed by atoms with Crippen molar-refractivity contribution >= 4 is 12.4 Å². The Morgan fingerprint density at radius 3 is 2.55 bits per heavy atom. The highest BCUT2D eigenvalue weighted by Gasteiger charge is 2.41. The Labute approximate surface area is 72.8 Å². The van der Waals surface area contributed by atoms with E-state index < -0.39 is 0 Å². The van der Waals surface area contributed by atoms with Gasteiger partial charge in [0.2, 0.25) is 0 Å². The molecule has 0 saturated heterocycles. The summed E-state index contributed by atoms with van der Waals surface area (Å²) in [7, 11) is 2.04. The molecule has 1 aliphatic carbocycles. The molecule has 1 aromatic rings. The first-order chi connectivity index (χ1) is 4.72. The van der Waals surface area contributed by atoms with E-state index in [0.29, 0.717) is 0 Å². The van der Waals surface area contributed by atoms with Gasteiger partial charge in [0.05, 0.1) is 5.54 Å².